The van der Waals surface area contributed by atoms with Gasteiger partial charge in [0.05, 0.1) is 5.69 Å². The number of alkyl halides is 3. The number of carbonyl (C=O) groups is 3. The standard InChI is InChI=1S/C19H14F3N3O5/c20-19(21,22)30-13-3-1-12(2-4-13)25-16(28)18(6-7-18)24(17(25)29)10-11-5-8-23-14(9-11)15(26)27/h1-5,8-9H,6-7,10H2,(H,26,27). The third-order valence-corrected chi connectivity index (χ3v) is 4.98. The Morgan fingerprint density at radius 3 is 2.40 bits per heavy atom. The molecule has 2 aromatic rings. The first-order valence-electron chi connectivity index (χ1n) is 8.81. The Balaban J connectivity index is 1.59. The number of amides is 3. The number of halogens is 3. The van der Waals surface area contributed by atoms with E-state index in [1.807, 2.05) is 0 Å². The third kappa shape index (κ3) is 3.42. The zero-order valence-electron chi connectivity index (χ0n) is 15.2. The molecule has 1 aromatic heterocycles. The number of nitrogens with zero attached hydrogens (tertiary/aromatic N) is 3. The number of urea groups is 1. The quantitative estimate of drug-likeness (QED) is 0.745. The molecule has 1 aliphatic heterocycles. The van der Waals surface area contributed by atoms with Gasteiger partial charge in [-0.25, -0.2) is 19.5 Å². The molecule has 11 heteroatoms. The van der Waals surface area contributed by atoms with Gasteiger partial charge in [-0.15, -0.1) is 13.2 Å². The molecule has 4 rings (SSSR count). The van der Waals surface area contributed by atoms with Crippen LogP contribution in [0.4, 0.5) is 23.7 Å². The number of pyridine rings is 1. The van der Waals surface area contributed by atoms with Gasteiger partial charge in [0.25, 0.3) is 5.91 Å². The van der Waals surface area contributed by atoms with E-state index in [4.69, 9.17) is 5.11 Å². The van der Waals surface area contributed by atoms with E-state index in [0.29, 0.717) is 18.4 Å². The number of hydrogen-bond acceptors (Lipinski definition) is 5. The van der Waals surface area contributed by atoms with Crippen molar-refractivity contribution < 1.29 is 37.4 Å². The molecule has 1 spiro atoms. The molecule has 3 amide bonds. The average molecular weight is 421 g/mol. The summed E-state index contributed by atoms with van der Waals surface area (Å²) in [4.78, 5) is 43.0. The van der Waals surface area contributed by atoms with Gasteiger partial charge in [0.2, 0.25) is 0 Å². The summed E-state index contributed by atoms with van der Waals surface area (Å²) in [6, 6.07) is 6.68. The van der Waals surface area contributed by atoms with Gasteiger partial charge in [0, 0.05) is 12.7 Å². The largest absolute Gasteiger partial charge is 0.573 e. The number of carbonyl (C=O) groups excluding carboxylic acids is 2. The molecular formula is C19H14F3N3O5. The molecule has 30 heavy (non-hydrogen) atoms. The van der Waals surface area contributed by atoms with Crippen LogP contribution < -0.4 is 9.64 Å². The van der Waals surface area contributed by atoms with Crippen LogP contribution in [0.15, 0.2) is 42.6 Å². The fraction of sp³-hybridized carbons (Fsp3) is 0.263. The van der Waals surface area contributed by atoms with E-state index < -0.39 is 35.6 Å². The van der Waals surface area contributed by atoms with E-state index in [2.05, 4.69) is 9.72 Å². The van der Waals surface area contributed by atoms with E-state index in [1.165, 1.54) is 29.3 Å². The zero-order chi connectivity index (χ0) is 21.7. The maximum atomic E-state index is 13.0. The van der Waals surface area contributed by atoms with Gasteiger partial charge in [-0.3, -0.25) is 4.79 Å². The van der Waals surface area contributed by atoms with Gasteiger partial charge < -0.3 is 14.7 Å². The smallest absolute Gasteiger partial charge is 0.477 e. The molecule has 0 unspecified atom stereocenters. The lowest BCUT2D eigenvalue weighted by atomic mass is 10.1. The topological polar surface area (TPSA) is 100 Å². The molecular weight excluding hydrogens is 407 g/mol. The van der Waals surface area contributed by atoms with Crippen LogP contribution in [0.2, 0.25) is 0 Å². The molecule has 8 nitrogen and oxygen atoms in total. The number of ether oxygens (including phenoxy) is 1. The lowest BCUT2D eigenvalue weighted by Gasteiger charge is -2.21. The van der Waals surface area contributed by atoms with Crippen LogP contribution in [0.25, 0.3) is 0 Å². The highest BCUT2D eigenvalue weighted by molar-refractivity contribution is 6.24. The van der Waals surface area contributed by atoms with Crippen LogP contribution >= 0.6 is 0 Å². The lowest BCUT2D eigenvalue weighted by molar-refractivity contribution is -0.274. The van der Waals surface area contributed by atoms with Crippen molar-refractivity contribution in [3.8, 4) is 5.75 Å². The van der Waals surface area contributed by atoms with Crippen molar-refractivity contribution in [3.05, 3.63) is 53.9 Å². The lowest BCUT2D eigenvalue weighted by Crippen LogP contribution is -2.36. The molecule has 1 saturated carbocycles. The second-order valence-corrected chi connectivity index (χ2v) is 6.94. The number of imide groups is 1. The van der Waals surface area contributed by atoms with Crippen LogP contribution in [0, 0.1) is 0 Å². The highest BCUT2D eigenvalue weighted by atomic mass is 19.4. The maximum Gasteiger partial charge on any atom is 0.573 e. The summed E-state index contributed by atoms with van der Waals surface area (Å²) in [6.07, 6.45) is -2.66. The minimum absolute atomic E-state index is 0.000851. The van der Waals surface area contributed by atoms with Crippen LogP contribution in [0.1, 0.15) is 28.9 Å². The summed E-state index contributed by atoms with van der Waals surface area (Å²) in [5.74, 6) is -2.16. The summed E-state index contributed by atoms with van der Waals surface area (Å²) >= 11 is 0. The second kappa shape index (κ2) is 6.71. The summed E-state index contributed by atoms with van der Waals surface area (Å²) in [6.45, 7) is -0.000851. The first-order valence-corrected chi connectivity index (χ1v) is 8.81. The molecule has 1 aliphatic carbocycles. The molecule has 1 aromatic carbocycles. The molecule has 2 aliphatic rings. The molecule has 156 valence electrons. The molecule has 0 bridgehead atoms. The van der Waals surface area contributed by atoms with Crippen molar-refractivity contribution in [2.45, 2.75) is 31.3 Å². The molecule has 2 heterocycles. The normalized spacial score (nSPS) is 17.6. The van der Waals surface area contributed by atoms with E-state index in [-0.39, 0.29) is 17.9 Å². The minimum Gasteiger partial charge on any atom is -0.477 e. The van der Waals surface area contributed by atoms with Crippen molar-refractivity contribution in [3.63, 3.8) is 0 Å². The van der Waals surface area contributed by atoms with Crippen molar-refractivity contribution in [1.29, 1.82) is 0 Å². The Labute approximate surface area is 167 Å². The number of rotatable bonds is 5. The van der Waals surface area contributed by atoms with Gasteiger partial charge in [-0.05, 0) is 54.8 Å². The number of aromatic carboxylic acids is 1. The second-order valence-electron chi connectivity index (χ2n) is 6.94. The van der Waals surface area contributed by atoms with Gasteiger partial charge >= 0.3 is 18.4 Å². The predicted octanol–water partition coefficient (Wildman–Crippen LogP) is 3.18. The van der Waals surface area contributed by atoms with E-state index in [0.717, 1.165) is 17.0 Å². The Hall–Kier alpha value is -3.63. The predicted molar refractivity (Wildman–Crippen MR) is 94.7 cm³/mol. The number of aromatic nitrogens is 1. The summed E-state index contributed by atoms with van der Waals surface area (Å²) < 4.78 is 40.8. The number of hydrogen-bond donors (Lipinski definition) is 1. The molecule has 0 atom stereocenters. The zero-order valence-corrected chi connectivity index (χ0v) is 15.2. The van der Waals surface area contributed by atoms with Gasteiger partial charge in [-0.2, -0.15) is 0 Å². The summed E-state index contributed by atoms with van der Waals surface area (Å²) in [5.41, 5.74) is -0.600. The van der Waals surface area contributed by atoms with Crippen LogP contribution in [-0.4, -0.2) is 44.8 Å². The van der Waals surface area contributed by atoms with Gasteiger partial charge in [0.1, 0.15) is 17.0 Å². The fourth-order valence-corrected chi connectivity index (χ4v) is 3.43. The molecule has 1 saturated heterocycles. The highest BCUT2D eigenvalue weighted by Gasteiger charge is 2.65. The Bertz CT molecular complexity index is 1030. The Kier molecular flexibility index (Phi) is 4.40. The van der Waals surface area contributed by atoms with E-state index in [9.17, 15) is 27.6 Å². The minimum atomic E-state index is -4.85. The highest BCUT2D eigenvalue weighted by Crippen LogP contribution is 2.49. The number of benzene rings is 1. The van der Waals surface area contributed by atoms with Crippen LogP contribution in [-0.2, 0) is 11.3 Å². The molecule has 0 radical (unpaired) electrons. The van der Waals surface area contributed by atoms with Gasteiger partial charge in [0.15, 0.2) is 0 Å². The first kappa shape index (κ1) is 19.7. The van der Waals surface area contributed by atoms with Crippen LogP contribution in [0.3, 0.4) is 0 Å². The van der Waals surface area contributed by atoms with Crippen LogP contribution in [0.5, 0.6) is 5.75 Å². The van der Waals surface area contributed by atoms with Crippen molar-refractivity contribution >= 4 is 23.6 Å². The number of anilines is 1. The maximum absolute atomic E-state index is 13.0. The third-order valence-electron chi connectivity index (χ3n) is 4.98. The Morgan fingerprint density at radius 2 is 1.83 bits per heavy atom. The number of carboxylic acids is 1. The fourth-order valence-electron chi connectivity index (χ4n) is 3.43. The van der Waals surface area contributed by atoms with Gasteiger partial charge in [-0.1, -0.05) is 0 Å². The average Bonchev–Trinajstić information content (AvgIpc) is 3.45. The number of carboxylic acid groups (broad SMARTS) is 1. The summed E-state index contributed by atoms with van der Waals surface area (Å²) in [5, 5.41) is 9.08. The molecule has 2 fully saturated rings. The molecule has 1 N–H and O–H groups in total. The summed E-state index contributed by atoms with van der Waals surface area (Å²) in [7, 11) is 0. The first-order chi connectivity index (χ1) is 14.1. The SMILES string of the molecule is O=C(O)c1cc(CN2C(=O)N(c3ccc(OC(F)(F)F)cc3)C(=O)C23CC3)ccn1. The van der Waals surface area contributed by atoms with Crippen molar-refractivity contribution in [1.82, 2.24) is 9.88 Å². The Morgan fingerprint density at radius 1 is 1.17 bits per heavy atom. The van der Waals surface area contributed by atoms with Crippen molar-refractivity contribution in [2.75, 3.05) is 4.90 Å². The van der Waals surface area contributed by atoms with E-state index >= 15 is 0 Å². The van der Waals surface area contributed by atoms with Crippen molar-refractivity contribution in [2.24, 2.45) is 0 Å². The van der Waals surface area contributed by atoms with E-state index in [1.54, 1.807) is 6.07 Å². The monoisotopic (exact) mass is 421 g/mol.